The molecular weight excluding hydrogens is 296 g/mol. The topological polar surface area (TPSA) is 83.7 Å². The molecule has 1 unspecified atom stereocenters. The van der Waals surface area contributed by atoms with Crippen LogP contribution in [0.5, 0.6) is 0 Å². The number of hydrogen-bond donors (Lipinski definition) is 2. The van der Waals surface area contributed by atoms with Gasteiger partial charge in [-0.2, -0.15) is 4.98 Å². The van der Waals surface area contributed by atoms with Crippen LogP contribution >= 0.6 is 15.9 Å². The third-order valence-electron chi connectivity index (χ3n) is 2.96. The van der Waals surface area contributed by atoms with Gasteiger partial charge in [0.15, 0.2) is 5.82 Å². The Labute approximate surface area is 113 Å². The van der Waals surface area contributed by atoms with Gasteiger partial charge in [-0.1, -0.05) is 0 Å². The summed E-state index contributed by atoms with van der Waals surface area (Å²) >= 11 is 3.39. The number of nitrogens with zero attached hydrogens (tertiary/aromatic N) is 4. The van der Waals surface area contributed by atoms with Crippen molar-refractivity contribution in [3.8, 4) is 11.4 Å². The fourth-order valence-electron chi connectivity index (χ4n) is 2.03. The molecule has 0 spiro atoms. The van der Waals surface area contributed by atoms with Crippen LogP contribution in [-0.4, -0.2) is 39.3 Å². The monoisotopic (exact) mass is 308 g/mol. The third-order valence-corrected chi connectivity index (χ3v) is 3.39. The molecule has 94 valence electrons. The number of rotatable bonds is 2. The average Bonchev–Trinajstić information content (AvgIpc) is 2.97. The molecule has 3 rings (SSSR count). The summed E-state index contributed by atoms with van der Waals surface area (Å²) in [4.78, 5) is 10.7. The SMILES string of the molecule is NC1CCN(c2n[nH]c(-c3cncc(Br)c3)n2)C1. The molecule has 1 aliphatic rings. The van der Waals surface area contributed by atoms with E-state index in [2.05, 4.69) is 41.0 Å². The molecule has 0 saturated carbocycles. The molecule has 0 aliphatic carbocycles. The Morgan fingerprint density at radius 1 is 1.44 bits per heavy atom. The van der Waals surface area contributed by atoms with Crippen LogP contribution in [0.15, 0.2) is 22.9 Å². The zero-order chi connectivity index (χ0) is 12.5. The minimum atomic E-state index is 0.222. The van der Waals surface area contributed by atoms with Crippen molar-refractivity contribution in [2.24, 2.45) is 5.73 Å². The molecule has 1 aliphatic heterocycles. The first kappa shape index (κ1) is 11.6. The van der Waals surface area contributed by atoms with Crippen LogP contribution < -0.4 is 10.6 Å². The van der Waals surface area contributed by atoms with Crippen LogP contribution in [0.3, 0.4) is 0 Å². The second kappa shape index (κ2) is 4.66. The zero-order valence-corrected chi connectivity index (χ0v) is 11.3. The van der Waals surface area contributed by atoms with Crippen molar-refractivity contribution in [1.29, 1.82) is 0 Å². The Kier molecular flexibility index (Phi) is 3.00. The maximum Gasteiger partial charge on any atom is 0.245 e. The van der Waals surface area contributed by atoms with Gasteiger partial charge in [-0.15, -0.1) is 5.10 Å². The van der Waals surface area contributed by atoms with Crippen molar-refractivity contribution in [1.82, 2.24) is 20.2 Å². The molecule has 0 amide bonds. The largest absolute Gasteiger partial charge is 0.338 e. The van der Waals surface area contributed by atoms with Crippen LogP contribution in [0.1, 0.15) is 6.42 Å². The zero-order valence-electron chi connectivity index (χ0n) is 9.67. The van der Waals surface area contributed by atoms with Crippen molar-refractivity contribution in [2.75, 3.05) is 18.0 Å². The predicted octanol–water partition coefficient (Wildman–Crippen LogP) is 1.17. The molecule has 1 fully saturated rings. The molecule has 2 aromatic rings. The molecule has 2 aromatic heterocycles. The second-order valence-electron chi connectivity index (χ2n) is 4.37. The first-order chi connectivity index (χ1) is 8.72. The number of aromatic nitrogens is 4. The maximum atomic E-state index is 5.88. The lowest BCUT2D eigenvalue weighted by Gasteiger charge is -2.11. The molecule has 0 aromatic carbocycles. The van der Waals surface area contributed by atoms with E-state index in [1.165, 1.54) is 0 Å². The van der Waals surface area contributed by atoms with E-state index in [0.717, 1.165) is 35.4 Å². The van der Waals surface area contributed by atoms with Gasteiger partial charge in [0.1, 0.15) is 0 Å². The van der Waals surface area contributed by atoms with Crippen molar-refractivity contribution in [3.63, 3.8) is 0 Å². The third kappa shape index (κ3) is 2.23. The Hall–Kier alpha value is -1.47. The lowest BCUT2D eigenvalue weighted by atomic mass is 10.3. The summed E-state index contributed by atoms with van der Waals surface area (Å²) in [6.45, 7) is 1.73. The average molecular weight is 309 g/mol. The fraction of sp³-hybridized carbons (Fsp3) is 0.364. The van der Waals surface area contributed by atoms with E-state index in [0.29, 0.717) is 5.95 Å². The van der Waals surface area contributed by atoms with Gasteiger partial charge in [0, 0.05) is 41.6 Å². The number of nitrogens with two attached hydrogens (primary N) is 1. The molecule has 7 heteroatoms. The molecule has 6 nitrogen and oxygen atoms in total. The van der Waals surface area contributed by atoms with Gasteiger partial charge in [0.25, 0.3) is 0 Å². The fourth-order valence-corrected chi connectivity index (χ4v) is 2.40. The maximum absolute atomic E-state index is 5.88. The van der Waals surface area contributed by atoms with Crippen LogP contribution in [0.25, 0.3) is 11.4 Å². The first-order valence-corrected chi connectivity index (χ1v) is 6.55. The van der Waals surface area contributed by atoms with E-state index < -0.39 is 0 Å². The number of halogens is 1. The second-order valence-corrected chi connectivity index (χ2v) is 5.29. The summed E-state index contributed by atoms with van der Waals surface area (Å²) in [6, 6.07) is 2.17. The highest BCUT2D eigenvalue weighted by Crippen LogP contribution is 2.21. The van der Waals surface area contributed by atoms with Crippen molar-refractivity contribution in [2.45, 2.75) is 12.5 Å². The molecule has 0 radical (unpaired) electrons. The quantitative estimate of drug-likeness (QED) is 0.870. The molecule has 3 N–H and O–H groups in total. The highest BCUT2D eigenvalue weighted by atomic mass is 79.9. The minimum absolute atomic E-state index is 0.222. The van der Waals surface area contributed by atoms with E-state index in [9.17, 15) is 0 Å². The summed E-state index contributed by atoms with van der Waals surface area (Å²) in [5.41, 5.74) is 6.79. The lowest BCUT2D eigenvalue weighted by molar-refractivity contribution is 0.750. The minimum Gasteiger partial charge on any atom is -0.338 e. The number of pyridine rings is 1. The Balaban J connectivity index is 1.85. The molecule has 3 heterocycles. The Bertz CT molecular complexity index is 554. The van der Waals surface area contributed by atoms with E-state index in [4.69, 9.17) is 5.73 Å². The number of anilines is 1. The smallest absolute Gasteiger partial charge is 0.245 e. The van der Waals surface area contributed by atoms with Gasteiger partial charge in [0.05, 0.1) is 0 Å². The highest BCUT2D eigenvalue weighted by molar-refractivity contribution is 9.10. The van der Waals surface area contributed by atoms with Crippen LogP contribution in [0, 0.1) is 0 Å². The molecule has 1 saturated heterocycles. The first-order valence-electron chi connectivity index (χ1n) is 5.76. The lowest BCUT2D eigenvalue weighted by Crippen LogP contribution is -2.26. The molecule has 18 heavy (non-hydrogen) atoms. The van der Waals surface area contributed by atoms with Gasteiger partial charge in [-0.25, -0.2) is 0 Å². The van der Waals surface area contributed by atoms with Crippen LogP contribution in [0.4, 0.5) is 5.95 Å². The summed E-state index contributed by atoms with van der Waals surface area (Å²) in [5.74, 6) is 1.43. The van der Waals surface area contributed by atoms with Gasteiger partial charge < -0.3 is 10.6 Å². The normalized spacial score (nSPS) is 19.4. The standard InChI is InChI=1S/C11H13BrN6/c12-8-3-7(4-14-5-8)10-15-11(17-16-10)18-2-1-9(13)6-18/h3-5,9H,1-2,6,13H2,(H,15,16,17). The summed E-state index contributed by atoms with van der Waals surface area (Å²) in [5, 5.41) is 7.17. The van der Waals surface area contributed by atoms with Gasteiger partial charge in [-0.05, 0) is 28.4 Å². The van der Waals surface area contributed by atoms with E-state index >= 15 is 0 Å². The predicted molar refractivity (Wildman–Crippen MR) is 72.1 cm³/mol. The molecular formula is C11H13BrN6. The van der Waals surface area contributed by atoms with E-state index in [1.807, 2.05) is 6.07 Å². The van der Waals surface area contributed by atoms with Gasteiger partial charge in [0.2, 0.25) is 5.95 Å². The number of nitrogens with one attached hydrogen (secondary N) is 1. The number of aromatic amines is 1. The summed E-state index contributed by atoms with van der Waals surface area (Å²) in [6.07, 6.45) is 4.48. The number of H-pyrrole nitrogens is 1. The van der Waals surface area contributed by atoms with Crippen LogP contribution in [0.2, 0.25) is 0 Å². The van der Waals surface area contributed by atoms with Crippen molar-refractivity contribution < 1.29 is 0 Å². The molecule has 1 atom stereocenters. The highest BCUT2D eigenvalue weighted by Gasteiger charge is 2.22. The van der Waals surface area contributed by atoms with Crippen LogP contribution in [-0.2, 0) is 0 Å². The summed E-state index contributed by atoms with van der Waals surface area (Å²) in [7, 11) is 0. The van der Waals surface area contributed by atoms with Crippen molar-refractivity contribution >= 4 is 21.9 Å². The Morgan fingerprint density at radius 2 is 2.33 bits per heavy atom. The van der Waals surface area contributed by atoms with E-state index in [1.54, 1.807) is 12.4 Å². The van der Waals surface area contributed by atoms with E-state index in [-0.39, 0.29) is 6.04 Å². The molecule has 0 bridgehead atoms. The van der Waals surface area contributed by atoms with Gasteiger partial charge >= 0.3 is 0 Å². The van der Waals surface area contributed by atoms with Gasteiger partial charge in [-0.3, -0.25) is 10.1 Å². The Morgan fingerprint density at radius 3 is 3.06 bits per heavy atom. The summed E-state index contributed by atoms with van der Waals surface area (Å²) < 4.78 is 0.918. The number of hydrogen-bond acceptors (Lipinski definition) is 5. The van der Waals surface area contributed by atoms with Crippen molar-refractivity contribution in [3.05, 3.63) is 22.9 Å².